The molecule has 1 fully saturated rings. The van der Waals surface area contributed by atoms with Gasteiger partial charge in [0.1, 0.15) is 5.82 Å². The molecule has 0 aliphatic carbocycles. The Labute approximate surface area is 194 Å². The summed E-state index contributed by atoms with van der Waals surface area (Å²) >= 11 is 0. The van der Waals surface area contributed by atoms with Crippen LogP contribution in [-0.4, -0.2) is 58.8 Å². The normalized spacial score (nSPS) is 16.1. The first-order chi connectivity index (χ1) is 15.5. The molecule has 2 heterocycles. The summed E-state index contributed by atoms with van der Waals surface area (Å²) in [5.74, 6) is -0.629. The highest BCUT2D eigenvalue weighted by Crippen LogP contribution is 2.35. The molecule has 33 heavy (non-hydrogen) atoms. The number of morpholine rings is 1. The molecule has 1 aromatic rings. The van der Waals surface area contributed by atoms with Gasteiger partial charge >= 0.3 is 6.18 Å². The molecule has 0 amide bonds. The SMILES string of the molecule is C=C(C(O)C(C)C)N(/C=C(\CC)c1cnc(N)c(C(F)(F)F)c1)CCC(=C)N1CCOCC1. The number of anilines is 1. The first-order valence-electron chi connectivity index (χ1n) is 11.1. The lowest BCUT2D eigenvalue weighted by Crippen LogP contribution is -2.36. The van der Waals surface area contributed by atoms with Gasteiger partial charge in [-0.05, 0) is 29.5 Å². The van der Waals surface area contributed by atoms with Crippen LogP contribution in [0, 0.1) is 5.92 Å². The number of hydrogen-bond acceptors (Lipinski definition) is 6. The van der Waals surface area contributed by atoms with E-state index in [0.29, 0.717) is 49.4 Å². The van der Waals surface area contributed by atoms with Crippen LogP contribution >= 0.6 is 0 Å². The number of aliphatic hydroxyl groups excluding tert-OH is 1. The summed E-state index contributed by atoms with van der Waals surface area (Å²) in [4.78, 5) is 7.72. The summed E-state index contributed by atoms with van der Waals surface area (Å²) in [6.45, 7) is 17.1. The minimum Gasteiger partial charge on any atom is -0.387 e. The molecule has 1 aliphatic heterocycles. The van der Waals surface area contributed by atoms with E-state index in [1.165, 1.54) is 6.20 Å². The smallest absolute Gasteiger partial charge is 0.387 e. The average Bonchev–Trinajstić information content (AvgIpc) is 2.78. The lowest BCUT2D eigenvalue weighted by atomic mass is 10.0. The number of ether oxygens (including phenoxy) is 1. The van der Waals surface area contributed by atoms with Gasteiger partial charge in [0, 0.05) is 49.8 Å². The van der Waals surface area contributed by atoms with E-state index in [-0.39, 0.29) is 5.92 Å². The fourth-order valence-corrected chi connectivity index (χ4v) is 3.57. The second-order valence-corrected chi connectivity index (χ2v) is 8.45. The Morgan fingerprint density at radius 1 is 1.33 bits per heavy atom. The second kappa shape index (κ2) is 11.6. The summed E-state index contributed by atoms with van der Waals surface area (Å²) in [6.07, 6.45) is -1.26. The molecule has 0 bridgehead atoms. The number of aliphatic hydroxyl groups is 1. The Morgan fingerprint density at radius 3 is 2.52 bits per heavy atom. The average molecular weight is 469 g/mol. The summed E-state index contributed by atoms with van der Waals surface area (Å²) < 4.78 is 45.4. The monoisotopic (exact) mass is 468 g/mol. The summed E-state index contributed by atoms with van der Waals surface area (Å²) in [5, 5.41) is 10.6. The van der Waals surface area contributed by atoms with Crippen molar-refractivity contribution in [3.05, 3.63) is 54.1 Å². The maximum atomic E-state index is 13.3. The lowest BCUT2D eigenvalue weighted by Gasteiger charge is -2.33. The highest BCUT2D eigenvalue weighted by atomic mass is 19.4. The molecular weight excluding hydrogens is 433 g/mol. The van der Waals surface area contributed by atoms with Crippen molar-refractivity contribution in [1.29, 1.82) is 0 Å². The maximum absolute atomic E-state index is 13.3. The van der Waals surface area contributed by atoms with Gasteiger partial charge in [0.25, 0.3) is 0 Å². The lowest BCUT2D eigenvalue weighted by molar-refractivity contribution is -0.137. The zero-order valence-electron chi connectivity index (χ0n) is 19.7. The Kier molecular flexibility index (Phi) is 9.36. The summed E-state index contributed by atoms with van der Waals surface area (Å²) in [7, 11) is 0. The fourth-order valence-electron chi connectivity index (χ4n) is 3.57. The number of allylic oxidation sites excluding steroid dienone is 1. The molecule has 0 radical (unpaired) electrons. The quantitative estimate of drug-likeness (QED) is 0.527. The van der Waals surface area contributed by atoms with Crippen LogP contribution in [0.5, 0.6) is 0 Å². The van der Waals surface area contributed by atoms with Crippen molar-refractivity contribution in [2.75, 3.05) is 38.6 Å². The third kappa shape index (κ3) is 7.23. The van der Waals surface area contributed by atoms with Crippen LogP contribution in [0.25, 0.3) is 5.57 Å². The van der Waals surface area contributed by atoms with Crippen molar-refractivity contribution in [3.8, 4) is 0 Å². The fraction of sp³-hybridized carbons (Fsp3) is 0.542. The Bertz CT molecular complexity index is 862. The third-order valence-electron chi connectivity index (χ3n) is 5.73. The Morgan fingerprint density at radius 2 is 1.97 bits per heavy atom. The van der Waals surface area contributed by atoms with Gasteiger partial charge in [0.2, 0.25) is 0 Å². The maximum Gasteiger partial charge on any atom is 0.419 e. The van der Waals surface area contributed by atoms with Crippen LogP contribution in [0.1, 0.15) is 44.7 Å². The third-order valence-corrected chi connectivity index (χ3v) is 5.73. The van der Waals surface area contributed by atoms with E-state index < -0.39 is 23.7 Å². The standard InChI is InChI=1S/C24H35F3N4O2/c1-6-19(20-13-21(24(25,26)27)23(28)29-14-20)15-31(18(5)22(32)16(2)3)8-7-17(4)30-9-11-33-12-10-30/h13-16,22,32H,4-12H2,1-3H3,(H2,28,29)/b19-15+. The van der Waals surface area contributed by atoms with Gasteiger partial charge in [-0.2, -0.15) is 13.2 Å². The minimum absolute atomic E-state index is 0.0732. The molecule has 2 rings (SSSR count). The van der Waals surface area contributed by atoms with Gasteiger partial charge in [-0.25, -0.2) is 4.98 Å². The van der Waals surface area contributed by atoms with Crippen molar-refractivity contribution < 1.29 is 23.0 Å². The first kappa shape index (κ1) is 26.7. The molecule has 1 aliphatic rings. The molecule has 0 saturated carbocycles. The number of nitrogens with zero attached hydrogens (tertiary/aromatic N) is 3. The van der Waals surface area contributed by atoms with E-state index >= 15 is 0 Å². The molecule has 3 N–H and O–H groups in total. The van der Waals surface area contributed by atoms with E-state index in [1.807, 2.05) is 20.8 Å². The molecule has 0 aromatic carbocycles. The van der Waals surface area contributed by atoms with Crippen LogP contribution < -0.4 is 5.73 Å². The van der Waals surface area contributed by atoms with E-state index in [2.05, 4.69) is 23.0 Å². The minimum atomic E-state index is -4.60. The predicted octanol–water partition coefficient (Wildman–Crippen LogP) is 4.50. The number of aromatic nitrogens is 1. The number of alkyl halides is 3. The molecule has 1 unspecified atom stereocenters. The molecule has 184 valence electrons. The van der Waals surface area contributed by atoms with E-state index in [0.717, 1.165) is 24.9 Å². The molecule has 1 atom stereocenters. The zero-order chi connectivity index (χ0) is 24.8. The van der Waals surface area contributed by atoms with E-state index in [1.54, 1.807) is 11.1 Å². The topological polar surface area (TPSA) is 74.8 Å². The van der Waals surface area contributed by atoms with Crippen molar-refractivity contribution in [2.45, 2.75) is 45.9 Å². The van der Waals surface area contributed by atoms with Crippen molar-refractivity contribution in [3.63, 3.8) is 0 Å². The number of pyridine rings is 1. The molecule has 6 nitrogen and oxygen atoms in total. The highest BCUT2D eigenvalue weighted by Gasteiger charge is 2.34. The van der Waals surface area contributed by atoms with Gasteiger partial charge in [-0.15, -0.1) is 0 Å². The highest BCUT2D eigenvalue weighted by molar-refractivity contribution is 5.67. The van der Waals surface area contributed by atoms with Gasteiger partial charge in [0.05, 0.1) is 24.9 Å². The number of hydrogen-bond donors (Lipinski definition) is 2. The summed E-state index contributed by atoms with van der Waals surface area (Å²) in [6, 6.07) is 1.02. The van der Waals surface area contributed by atoms with Crippen LogP contribution in [-0.2, 0) is 10.9 Å². The van der Waals surface area contributed by atoms with Crippen molar-refractivity contribution in [2.24, 2.45) is 5.92 Å². The van der Waals surface area contributed by atoms with E-state index in [4.69, 9.17) is 10.5 Å². The van der Waals surface area contributed by atoms with Gasteiger partial charge in [-0.1, -0.05) is 33.9 Å². The van der Waals surface area contributed by atoms with Crippen molar-refractivity contribution >= 4 is 11.4 Å². The predicted molar refractivity (Wildman–Crippen MR) is 125 cm³/mol. The molecule has 1 aromatic heterocycles. The van der Waals surface area contributed by atoms with Crippen LogP contribution in [0.15, 0.2) is 43.0 Å². The number of nitrogens with two attached hydrogens (primary N) is 1. The van der Waals surface area contributed by atoms with Crippen LogP contribution in [0.2, 0.25) is 0 Å². The second-order valence-electron chi connectivity index (χ2n) is 8.45. The molecule has 1 saturated heterocycles. The number of nitrogen functional groups attached to an aromatic ring is 1. The number of rotatable bonds is 10. The largest absolute Gasteiger partial charge is 0.419 e. The van der Waals surface area contributed by atoms with Crippen LogP contribution in [0.3, 0.4) is 0 Å². The van der Waals surface area contributed by atoms with Gasteiger partial charge < -0.3 is 25.4 Å². The van der Waals surface area contributed by atoms with Gasteiger partial charge in [0.15, 0.2) is 0 Å². The Balaban J connectivity index is 2.34. The summed E-state index contributed by atoms with van der Waals surface area (Å²) in [5.41, 5.74) is 6.86. The molecule has 9 heteroatoms. The molecule has 0 spiro atoms. The zero-order valence-corrected chi connectivity index (χ0v) is 19.7. The number of halogens is 3. The van der Waals surface area contributed by atoms with Gasteiger partial charge in [-0.3, -0.25) is 0 Å². The first-order valence-corrected chi connectivity index (χ1v) is 11.1. The Hall–Kier alpha value is -2.52. The molecular formula is C24H35F3N4O2. The van der Waals surface area contributed by atoms with Crippen molar-refractivity contribution in [1.82, 2.24) is 14.8 Å². The van der Waals surface area contributed by atoms with E-state index in [9.17, 15) is 18.3 Å². The van der Waals surface area contributed by atoms with Crippen LogP contribution in [0.4, 0.5) is 19.0 Å².